The van der Waals surface area contributed by atoms with Crippen molar-refractivity contribution in [1.29, 1.82) is 0 Å². The first-order valence-corrected chi connectivity index (χ1v) is 5.42. The zero-order valence-corrected chi connectivity index (χ0v) is 10.4. The lowest BCUT2D eigenvalue weighted by molar-refractivity contribution is -0.115. The van der Waals surface area contributed by atoms with Gasteiger partial charge in [-0.15, -0.1) is 0 Å². The van der Waals surface area contributed by atoms with Crippen molar-refractivity contribution in [1.82, 2.24) is 15.1 Å². The van der Waals surface area contributed by atoms with Crippen molar-refractivity contribution in [3.05, 3.63) is 29.6 Å². The lowest BCUT2D eigenvalue weighted by Gasteiger charge is -2.05. The fourth-order valence-electron chi connectivity index (χ4n) is 1.41. The zero-order valence-electron chi connectivity index (χ0n) is 10.4. The Labute approximate surface area is 101 Å². The highest BCUT2D eigenvalue weighted by Crippen LogP contribution is 2.01. The third-order valence-electron chi connectivity index (χ3n) is 2.31. The largest absolute Gasteiger partial charge is 0.342 e. The highest BCUT2D eigenvalue weighted by molar-refractivity contribution is 5.94. The molecule has 1 aromatic rings. The van der Waals surface area contributed by atoms with Gasteiger partial charge in [0.2, 0.25) is 0 Å². The van der Waals surface area contributed by atoms with Crippen LogP contribution in [0, 0.1) is 13.8 Å². The van der Waals surface area contributed by atoms with Crippen molar-refractivity contribution in [3.63, 3.8) is 0 Å². The molecule has 0 aliphatic heterocycles. The highest BCUT2D eigenvalue weighted by atomic mass is 16.2. The summed E-state index contributed by atoms with van der Waals surface area (Å²) in [5, 5.41) is 6.68. The fourth-order valence-corrected chi connectivity index (χ4v) is 1.41. The van der Waals surface area contributed by atoms with Crippen LogP contribution in [0.15, 0.2) is 18.2 Å². The Morgan fingerprint density at radius 2 is 2.12 bits per heavy atom. The molecule has 0 aliphatic carbocycles. The van der Waals surface area contributed by atoms with E-state index in [4.69, 9.17) is 0 Å². The number of allylic oxidation sites excluding steroid dienone is 1. The summed E-state index contributed by atoms with van der Waals surface area (Å²) < 4.78 is 1.29. The predicted octanol–water partition coefficient (Wildman–Crippen LogP) is 1.59. The number of carbonyl (C=O) groups is 2. The minimum atomic E-state index is -0.315. The molecule has 0 saturated carbocycles. The van der Waals surface area contributed by atoms with Crippen molar-refractivity contribution in [2.45, 2.75) is 27.2 Å². The van der Waals surface area contributed by atoms with Crippen LogP contribution in [-0.2, 0) is 4.79 Å². The van der Waals surface area contributed by atoms with Crippen LogP contribution in [0.25, 0.3) is 0 Å². The standard InChI is InChI=1S/C12H17N3O2/c1-8(2)11(16)5-6-13-12(17)15-10(4)7-9(3)14-15/h7H,1,5-6H2,2-4H3,(H,13,17). The van der Waals surface area contributed by atoms with Crippen LogP contribution in [-0.4, -0.2) is 28.1 Å². The number of Topliss-reactive ketones (excluding diaryl/α,β-unsaturated/α-hetero) is 1. The summed E-state index contributed by atoms with van der Waals surface area (Å²) in [4.78, 5) is 22.9. The van der Waals surface area contributed by atoms with E-state index in [-0.39, 0.29) is 18.2 Å². The SMILES string of the molecule is C=C(C)C(=O)CCNC(=O)n1nc(C)cc1C. The van der Waals surface area contributed by atoms with Gasteiger partial charge in [-0.05, 0) is 32.4 Å². The van der Waals surface area contributed by atoms with Gasteiger partial charge in [-0.3, -0.25) is 4.79 Å². The first-order valence-electron chi connectivity index (χ1n) is 5.42. The Bertz CT molecular complexity index is 460. The number of carbonyl (C=O) groups excluding carboxylic acids is 2. The van der Waals surface area contributed by atoms with E-state index in [0.29, 0.717) is 12.1 Å². The maximum atomic E-state index is 11.7. The molecule has 0 aromatic carbocycles. The van der Waals surface area contributed by atoms with Crippen LogP contribution in [0.4, 0.5) is 4.79 Å². The Kier molecular flexibility index (Phi) is 4.20. The molecular weight excluding hydrogens is 218 g/mol. The van der Waals surface area contributed by atoms with E-state index in [0.717, 1.165) is 11.4 Å². The molecule has 1 heterocycles. The third kappa shape index (κ3) is 3.55. The Hall–Kier alpha value is -1.91. The van der Waals surface area contributed by atoms with Crippen LogP contribution in [0.3, 0.4) is 0 Å². The fraction of sp³-hybridized carbons (Fsp3) is 0.417. The number of nitrogens with zero attached hydrogens (tertiary/aromatic N) is 2. The van der Waals surface area contributed by atoms with E-state index >= 15 is 0 Å². The molecule has 0 fully saturated rings. The summed E-state index contributed by atoms with van der Waals surface area (Å²) >= 11 is 0. The smallest absolute Gasteiger partial charge is 0.336 e. The number of hydrogen-bond acceptors (Lipinski definition) is 3. The molecular formula is C12H17N3O2. The normalized spacial score (nSPS) is 10.1. The van der Waals surface area contributed by atoms with Crippen molar-refractivity contribution < 1.29 is 9.59 Å². The van der Waals surface area contributed by atoms with Gasteiger partial charge in [0.25, 0.3) is 0 Å². The second-order valence-corrected chi connectivity index (χ2v) is 4.02. The number of ketones is 1. The van der Waals surface area contributed by atoms with Gasteiger partial charge < -0.3 is 5.32 Å². The monoisotopic (exact) mass is 235 g/mol. The zero-order chi connectivity index (χ0) is 13.0. The summed E-state index contributed by atoms with van der Waals surface area (Å²) in [6.45, 7) is 9.13. The number of hydrogen-bond donors (Lipinski definition) is 1. The molecule has 0 saturated heterocycles. The topological polar surface area (TPSA) is 64.0 Å². The van der Waals surface area contributed by atoms with Gasteiger partial charge in [0.15, 0.2) is 5.78 Å². The Morgan fingerprint density at radius 3 is 2.59 bits per heavy atom. The molecule has 0 spiro atoms. The second-order valence-electron chi connectivity index (χ2n) is 4.02. The van der Waals surface area contributed by atoms with Crippen molar-refractivity contribution in [2.24, 2.45) is 0 Å². The number of amides is 1. The summed E-state index contributed by atoms with van der Waals surface area (Å²) in [5.74, 6) is -0.0429. The Morgan fingerprint density at radius 1 is 1.47 bits per heavy atom. The first-order chi connectivity index (χ1) is 7.91. The number of nitrogens with one attached hydrogen (secondary N) is 1. The van der Waals surface area contributed by atoms with Gasteiger partial charge in [-0.1, -0.05) is 6.58 Å². The quantitative estimate of drug-likeness (QED) is 0.806. The van der Waals surface area contributed by atoms with Gasteiger partial charge in [0, 0.05) is 18.7 Å². The van der Waals surface area contributed by atoms with Crippen molar-refractivity contribution in [2.75, 3.05) is 6.54 Å². The minimum absolute atomic E-state index is 0.0429. The lowest BCUT2D eigenvalue weighted by atomic mass is 10.2. The molecule has 5 heteroatoms. The number of aromatic nitrogens is 2. The van der Waals surface area contributed by atoms with Gasteiger partial charge in [-0.25, -0.2) is 4.79 Å². The van der Waals surface area contributed by atoms with Gasteiger partial charge in [0.05, 0.1) is 5.69 Å². The summed E-state index contributed by atoms with van der Waals surface area (Å²) in [6, 6.07) is 1.50. The summed E-state index contributed by atoms with van der Waals surface area (Å²) in [6.07, 6.45) is 0.264. The molecule has 0 radical (unpaired) electrons. The van der Waals surface area contributed by atoms with Crippen LogP contribution in [0.2, 0.25) is 0 Å². The summed E-state index contributed by atoms with van der Waals surface area (Å²) in [5.41, 5.74) is 2.06. The molecule has 0 bridgehead atoms. The molecule has 92 valence electrons. The molecule has 5 nitrogen and oxygen atoms in total. The maximum Gasteiger partial charge on any atom is 0.342 e. The minimum Gasteiger partial charge on any atom is -0.336 e. The number of aryl methyl sites for hydroxylation is 2. The van der Waals surface area contributed by atoms with E-state index in [1.54, 1.807) is 13.8 Å². The Balaban J connectivity index is 2.48. The van der Waals surface area contributed by atoms with E-state index < -0.39 is 0 Å². The van der Waals surface area contributed by atoms with E-state index in [1.807, 2.05) is 13.0 Å². The molecule has 1 aromatic heterocycles. The molecule has 1 rings (SSSR count). The molecule has 1 amide bonds. The van der Waals surface area contributed by atoms with Crippen molar-refractivity contribution >= 4 is 11.8 Å². The van der Waals surface area contributed by atoms with Gasteiger partial charge >= 0.3 is 6.03 Å². The molecule has 17 heavy (non-hydrogen) atoms. The summed E-state index contributed by atoms with van der Waals surface area (Å²) in [7, 11) is 0. The average Bonchev–Trinajstić information content (AvgIpc) is 2.57. The van der Waals surface area contributed by atoms with Gasteiger partial charge in [-0.2, -0.15) is 9.78 Å². The number of rotatable bonds is 4. The molecule has 1 N–H and O–H groups in total. The van der Waals surface area contributed by atoms with E-state index in [9.17, 15) is 9.59 Å². The van der Waals surface area contributed by atoms with Gasteiger partial charge in [0.1, 0.15) is 0 Å². The van der Waals surface area contributed by atoms with Crippen LogP contribution < -0.4 is 5.32 Å². The van der Waals surface area contributed by atoms with Crippen LogP contribution >= 0.6 is 0 Å². The van der Waals surface area contributed by atoms with Crippen molar-refractivity contribution in [3.8, 4) is 0 Å². The van der Waals surface area contributed by atoms with E-state index in [2.05, 4.69) is 17.0 Å². The van der Waals surface area contributed by atoms with Crippen LogP contribution in [0.5, 0.6) is 0 Å². The first kappa shape index (κ1) is 13.2. The average molecular weight is 235 g/mol. The second kappa shape index (κ2) is 5.43. The molecule has 0 aliphatic rings. The third-order valence-corrected chi connectivity index (χ3v) is 2.31. The maximum absolute atomic E-state index is 11.7. The van der Waals surface area contributed by atoms with Crippen LogP contribution in [0.1, 0.15) is 24.7 Å². The predicted molar refractivity (Wildman–Crippen MR) is 64.9 cm³/mol. The highest BCUT2D eigenvalue weighted by Gasteiger charge is 2.10. The van der Waals surface area contributed by atoms with E-state index in [1.165, 1.54) is 4.68 Å². The molecule has 0 atom stereocenters. The molecule has 0 unspecified atom stereocenters. The lowest BCUT2D eigenvalue weighted by Crippen LogP contribution is -2.31.